The quantitative estimate of drug-likeness (QED) is 0.860. The fourth-order valence-electron chi connectivity index (χ4n) is 1.41. The number of amides is 1. The highest BCUT2D eigenvalue weighted by Crippen LogP contribution is 2.24. The van der Waals surface area contributed by atoms with Crippen LogP contribution in [-0.4, -0.2) is 31.1 Å². The number of carboxylic acids is 1. The van der Waals surface area contributed by atoms with Gasteiger partial charge in [-0.25, -0.2) is 4.79 Å². The summed E-state index contributed by atoms with van der Waals surface area (Å²) in [6.07, 6.45) is 3.21. The lowest BCUT2D eigenvalue weighted by Gasteiger charge is -2.03. The number of carbonyl (C=O) groups is 2. The van der Waals surface area contributed by atoms with Crippen LogP contribution >= 0.6 is 11.5 Å². The molecule has 0 saturated carbocycles. The zero-order valence-electron chi connectivity index (χ0n) is 9.45. The molecule has 0 unspecified atom stereocenters. The van der Waals surface area contributed by atoms with Crippen molar-refractivity contribution in [2.75, 3.05) is 5.32 Å². The Balaban J connectivity index is 2.10. The maximum atomic E-state index is 11.7. The maximum absolute atomic E-state index is 11.7. The van der Waals surface area contributed by atoms with Crippen molar-refractivity contribution in [2.24, 2.45) is 0 Å². The third-order valence-electron chi connectivity index (χ3n) is 2.19. The Morgan fingerprint density at radius 2 is 2.33 bits per heavy atom. The summed E-state index contributed by atoms with van der Waals surface area (Å²) in [5, 5.41) is 15.7. The standard InChI is InChI=1S/C10H10N4O3S/c1-6-8(10(16)17)9(18-13-6)12-7(15)5-14-4-2-3-11-14/h2-4H,5H2,1H3,(H,12,15)(H,16,17). The minimum atomic E-state index is -1.10. The van der Waals surface area contributed by atoms with Crippen LogP contribution < -0.4 is 5.32 Å². The van der Waals surface area contributed by atoms with Crippen LogP contribution in [0.1, 0.15) is 16.1 Å². The number of aryl methyl sites for hydroxylation is 1. The minimum Gasteiger partial charge on any atom is -0.478 e. The lowest BCUT2D eigenvalue weighted by Crippen LogP contribution is -2.19. The van der Waals surface area contributed by atoms with E-state index in [1.54, 1.807) is 25.4 Å². The molecule has 2 aromatic heterocycles. The highest BCUT2D eigenvalue weighted by molar-refractivity contribution is 7.11. The summed E-state index contributed by atoms with van der Waals surface area (Å²) in [5.74, 6) is -1.44. The van der Waals surface area contributed by atoms with E-state index in [1.165, 1.54) is 4.68 Å². The van der Waals surface area contributed by atoms with Crippen molar-refractivity contribution >= 4 is 28.4 Å². The van der Waals surface area contributed by atoms with Gasteiger partial charge in [-0.2, -0.15) is 9.47 Å². The van der Waals surface area contributed by atoms with Crippen LogP contribution in [-0.2, 0) is 11.3 Å². The summed E-state index contributed by atoms with van der Waals surface area (Å²) in [4.78, 5) is 22.7. The zero-order chi connectivity index (χ0) is 13.1. The van der Waals surface area contributed by atoms with Gasteiger partial charge in [-0.15, -0.1) is 0 Å². The molecule has 2 N–H and O–H groups in total. The lowest BCUT2D eigenvalue weighted by atomic mass is 10.2. The van der Waals surface area contributed by atoms with Gasteiger partial charge < -0.3 is 10.4 Å². The molecular formula is C10H10N4O3S. The molecule has 0 aliphatic carbocycles. The average Bonchev–Trinajstić information content (AvgIpc) is 2.88. The molecule has 0 radical (unpaired) electrons. The van der Waals surface area contributed by atoms with Crippen molar-refractivity contribution < 1.29 is 14.7 Å². The SMILES string of the molecule is Cc1nsc(NC(=O)Cn2cccn2)c1C(=O)O. The number of nitrogens with zero attached hydrogens (tertiary/aromatic N) is 3. The van der Waals surface area contributed by atoms with E-state index in [1.807, 2.05) is 0 Å². The maximum Gasteiger partial charge on any atom is 0.340 e. The van der Waals surface area contributed by atoms with Crippen LogP contribution in [0.15, 0.2) is 18.5 Å². The van der Waals surface area contributed by atoms with Crippen molar-refractivity contribution in [1.29, 1.82) is 0 Å². The number of nitrogens with one attached hydrogen (secondary N) is 1. The first kappa shape index (κ1) is 12.2. The van der Waals surface area contributed by atoms with Gasteiger partial charge >= 0.3 is 5.97 Å². The van der Waals surface area contributed by atoms with Gasteiger partial charge in [0, 0.05) is 12.4 Å². The van der Waals surface area contributed by atoms with Crippen LogP contribution in [0, 0.1) is 6.92 Å². The van der Waals surface area contributed by atoms with Gasteiger partial charge in [0.15, 0.2) is 0 Å². The lowest BCUT2D eigenvalue weighted by molar-refractivity contribution is -0.116. The molecule has 0 saturated heterocycles. The molecule has 0 fully saturated rings. The van der Waals surface area contributed by atoms with Crippen molar-refractivity contribution in [1.82, 2.24) is 14.2 Å². The molecule has 0 spiro atoms. The Hall–Kier alpha value is -2.22. The van der Waals surface area contributed by atoms with E-state index in [0.717, 1.165) is 11.5 Å². The summed E-state index contributed by atoms with van der Waals surface area (Å²) in [7, 11) is 0. The predicted octanol–water partition coefficient (Wildman–Crippen LogP) is 0.985. The van der Waals surface area contributed by atoms with Gasteiger partial charge in [0.25, 0.3) is 0 Å². The van der Waals surface area contributed by atoms with Gasteiger partial charge in [-0.1, -0.05) is 0 Å². The first-order valence-corrected chi connectivity index (χ1v) is 5.82. The number of carbonyl (C=O) groups excluding carboxylic acids is 1. The van der Waals surface area contributed by atoms with Crippen LogP contribution in [0.5, 0.6) is 0 Å². The molecule has 0 aromatic carbocycles. The number of aromatic carboxylic acids is 1. The van der Waals surface area contributed by atoms with Gasteiger partial charge in [0.05, 0.1) is 5.69 Å². The van der Waals surface area contributed by atoms with E-state index >= 15 is 0 Å². The molecule has 0 aliphatic heterocycles. The summed E-state index contributed by atoms with van der Waals surface area (Å²) >= 11 is 0.953. The smallest absolute Gasteiger partial charge is 0.340 e. The predicted molar refractivity (Wildman–Crippen MR) is 64.7 cm³/mol. The Morgan fingerprint density at radius 1 is 1.56 bits per heavy atom. The summed E-state index contributed by atoms with van der Waals surface area (Å²) in [5.41, 5.74) is 0.427. The van der Waals surface area contributed by atoms with Crippen LogP contribution in [0.2, 0.25) is 0 Å². The normalized spacial score (nSPS) is 10.3. The van der Waals surface area contributed by atoms with E-state index in [2.05, 4.69) is 14.8 Å². The number of rotatable bonds is 4. The first-order chi connectivity index (χ1) is 8.58. The second-order valence-electron chi connectivity index (χ2n) is 3.53. The molecule has 7 nitrogen and oxygen atoms in total. The molecule has 8 heteroatoms. The van der Waals surface area contributed by atoms with Gasteiger partial charge in [-0.05, 0) is 24.5 Å². The zero-order valence-corrected chi connectivity index (χ0v) is 10.3. The number of anilines is 1. The molecule has 18 heavy (non-hydrogen) atoms. The third-order valence-corrected chi connectivity index (χ3v) is 3.05. The summed E-state index contributed by atoms with van der Waals surface area (Å²) in [6, 6.07) is 1.70. The van der Waals surface area contributed by atoms with E-state index in [-0.39, 0.29) is 23.0 Å². The van der Waals surface area contributed by atoms with E-state index in [4.69, 9.17) is 5.11 Å². The Labute approximate surface area is 106 Å². The fraction of sp³-hybridized carbons (Fsp3) is 0.200. The number of aromatic nitrogens is 3. The molecule has 2 heterocycles. The Bertz CT molecular complexity index is 576. The molecule has 1 amide bonds. The Morgan fingerprint density at radius 3 is 2.94 bits per heavy atom. The highest BCUT2D eigenvalue weighted by Gasteiger charge is 2.19. The van der Waals surface area contributed by atoms with E-state index in [0.29, 0.717) is 5.69 Å². The van der Waals surface area contributed by atoms with Gasteiger partial charge in [-0.3, -0.25) is 9.48 Å². The summed E-state index contributed by atoms with van der Waals surface area (Å²) in [6.45, 7) is 1.62. The topological polar surface area (TPSA) is 97.1 Å². The van der Waals surface area contributed by atoms with Gasteiger partial charge in [0.1, 0.15) is 17.1 Å². The molecule has 2 aromatic rings. The molecule has 0 bridgehead atoms. The number of carboxylic acid groups (broad SMARTS) is 1. The fourth-order valence-corrected chi connectivity index (χ4v) is 2.22. The molecule has 94 valence electrons. The molecule has 2 rings (SSSR count). The molecular weight excluding hydrogens is 256 g/mol. The van der Waals surface area contributed by atoms with Crippen LogP contribution in [0.4, 0.5) is 5.00 Å². The average molecular weight is 266 g/mol. The molecule has 0 aliphatic rings. The van der Waals surface area contributed by atoms with E-state index in [9.17, 15) is 9.59 Å². The summed E-state index contributed by atoms with van der Waals surface area (Å²) < 4.78 is 5.36. The van der Waals surface area contributed by atoms with Crippen molar-refractivity contribution in [3.8, 4) is 0 Å². The van der Waals surface area contributed by atoms with Crippen molar-refractivity contribution in [3.05, 3.63) is 29.7 Å². The van der Waals surface area contributed by atoms with Crippen LogP contribution in [0.3, 0.4) is 0 Å². The number of hydrogen-bond acceptors (Lipinski definition) is 5. The van der Waals surface area contributed by atoms with Crippen molar-refractivity contribution in [3.63, 3.8) is 0 Å². The Kier molecular flexibility index (Phi) is 3.38. The van der Waals surface area contributed by atoms with E-state index < -0.39 is 5.97 Å². The second kappa shape index (κ2) is 4.96. The number of hydrogen-bond donors (Lipinski definition) is 2. The minimum absolute atomic E-state index is 0.0308. The van der Waals surface area contributed by atoms with Crippen LogP contribution in [0.25, 0.3) is 0 Å². The van der Waals surface area contributed by atoms with Crippen molar-refractivity contribution in [2.45, 2.75) is 13.5 Å². The monoisotopic (exact) mass is 266 g/mol. The highest BCUT2D eigenvalue weighted by atomic mass is 32.1. The largest absolute Gasteiger partial charge is 0.478 e. The molecule has 0 atom stereocenters. The third kappa shape index (κ3) is 2.54. The second-order valence-corrected chi connectivity index (χ2v) is 4.30. The van der Waals surface area contributed by atoms with Gasteiger partial charge in [0.2, 0.25) is 5.91 Å². The first-order valence-electron chi connectivity index (χ1n) is 5.05.